The Morgan fingerprint density at radius 2 is 2.04 bits per heavy atom. The fraction of sp³-hybridized carbons (Fsp3) is 0.176. The van der Waals surface area contributed by atoms with Gasteiger partial charge in [0.2, 0.25) is 0 Å². The van der Waals surface area contributed by atoms with Crippen LogP contribution in [0.3, 0.4) is 0 Å². The average Bonchev–Trinajstić information content (AvgIpc) is 3.15. The molecule has 0 aliphatic carbocycles. The third-order valence-corrected chi connectivity index (χ3v) is 3.95. The molecule has 27 heavy (non-hydrogen) atoms. The maximum Gasteiger partial charge on any atom is 0.182 e. The van der Waals surface area contributed by atoms with E-state index in [1.54, 1.807) is 12.4 Å². The summed E-state index contributed by atoms with van der Waals surface area (Å²) in [5.74, 6) is -0.554. The van der Waals surface area contributed by atoms with E-state index < -0.39 is 5.82 Å². The summed E-state index contributed by atoms with van der Waals surface area (Å²) >= 11 is 5.74. The highest BCUT2D eigenvalue weighted by molar-refractivity contribution is 6.31. The maximum atomic E-state index is 13.3. The fourth-order valence-electron chi connectivity index (χ4n) is 2.31. The first-order valence-electron chi connectivity index (χ1n) is 8.02. The van der Waals surface area contributed by atoms with Gasteiger partial charge in [0.05, 0.1) is 10.7 Å². The van der Waals surface area contributed by atoms with Crippen LogP contribution >= 0.6 is 11.6 Å². The summed E-state index contributed by atoms with van der Waals surface area (Å²) < 4.78 is 18.0. The zero-order chi connectivity index (χ0) is 19.1. The molecule has 0 fully saturated rings. The lowest BCUT2D eigenvalue weighted by Crippen LogP contribution is -2.24. The Labute approximate surface area is 159 Å². The summed E-state index contributed by atoms with van der Waals surface area (Å²) in [7, 11) is 0. The highest BCUT2D eigenvalue weighted by Gasteiger charge is 2.16. The lowest BCUT2D eigenvalue weighted by molar-refractivity contribution is 0.234. The SMILES string of the molecule is ONC(=Nc1ccc(F)c(Cl)c1)c1nonc1CNCCc1ccncc1. The number of pyridine rings is 1. The summed E-state index contributed by atoms with van der Waals surface area (Å²) in [4.78, 5) is 8.14. The molecule has 2 heterocycles. The van der Waals surface area contributed by atoms with Gasteiger partial charge < -0.3 is 5.32 Å². The predicted octanol–water partition coefficient (Wildman–Crippen LogP) is 2.65. The average molecular weight is 391 g/mol. The van der Waals surface area contributed by atoms with Crippen molar-refractivity contribution in [3.63, 3.8) is 0 Å². The van der Waals surface area contributed by atoms with Crippen LogP contribution in [0.1, 0.15) is 17.0 Å². The zero-order valence-corrected chi connectivity index (χ0v) is 14.8. The summed E-state index contributed by atoms with van der Waals surface area (Å²) in [5, 5.41) is 20.1. The topological polar surface area (TPSA) is 108 Å². The van der Waals surface area contributed by atoms with Crippen LogP contribution in [0.5, 0.6) is 0 Å². The molecule has 0 atom stereocenters. The molecular weight excluding hydrogens is 375 g/mol. The monoisotopic (exact) mass is 390 g/mol. The van der Waals surface area contributed by atoms with Crippen LogP contribution in [0, 0.1) is 5.82 Å². The van der Waals surface area contributed by atoms with Crippen molar-refractivity contribution in [2.45, 2.75) is 13.0 Å². The van der Waals surface area contributed by atoms with E-state index in [0.717, 1.165) is 12.0 Å². The molecule has 10 heteroatoms. The van der Waals surface area contributed by atoms with Gasteiger partial charge in [0, 0.05) is 18.9 Å². The molecule has 0 aliphatic rings. The van der Waals surface area contributed by atoms with E-state index in [0.29, 0.717) is 24.5 Å². The lowest BCUT2D eigenvalue weighted by Gasteiger charge is -2.05. The molecule has 0 aliphatic heterocycles. The highest BCUT2D eigenvalue weighted by Crippen LogP contribution is 2.22. The van der Waals surface area contributed by atoms with Gasteiger partial charge in [-0.1, -0.05) is 16.8 Å². The van der Waals surface area contributed by atoms with Crippen molar-refractivity contribution in [1.82, 2.24) is 26.1 Å². The van der Waals surface area contributed by atoms with Gasteiger partial charge in [-0.25, -0.2) is 14.0 Å². The van der Waals surface area contributed by atoms with E-state index in [4.69, 9.17) is 16.2 Å². The fourth-order valence-corrected chi connectivity index (χ4v) is 2.48. The van der Waals surface area contributed by atoms with Crippen LogP contribution < -0.4 is 10.8 Å². The van der Waals surface area contributed by atoms with Gasteiger partial charge in [-0.05, 0) is 54.0 Å². The number of aliphatic imine (C=N–C) groups is 1. The molecule has 140 valence electrons. The molecule has 0 unspecified atom stereocenters. The number of nitrogens with one attached hydrogen (secondary N) is 2. The number of rotatable bonds is 7. The van der Waals surface area contributed by atoms with Crippen molar-refractivity contribution in [3.05, 3.63) is 70.5 Å². The first kappa shape index (κ1) is 18.9. The van der Waals surface area contributed by atoms with Gasteiger partial charge in [0.1, 0.15) is 11.5 Å². The normalized spacial score (nSPS) is 11.6. The number of amidine groups is 1. The molecule has 0 amide bonds. The van der Waals surface area contributed by atoms with E-state index in [-0.39, 0.29) is 16.6 Å². The molecule has 1 aromatic carbocycles. The van der Waals surface area contributed by atoms with E-state index in [1.165, 1.54) is 18.2 Å². The third kappa shape index (κ3) is 5.07. The molecule has 3 N–H and O–H groups in total. The van der Waals surface area contributed by atoms with Crippen molar-refractivity contribution < 1.29 is 14.2 Å². The van der Waals surface area contributed by atoms with Crippen LogP contribution in [0.15, 0.2) is 52.3 Å². The minimum Gasteiger partial charge on any atom is -0.311 e. The molecule has 0 spiro atoms. The van der Waals surface area contributed by atoms with Gasteiger partial charge in [-0.15, -0.1) is 0 Å². The standard InChI is InChI=1S/C17H16ClFN6O2/c18-13-9-12(1-2-14(13)19)22-17(23-26)16-15(24-27-25-16)10-21-8-5-11-3-6-20-7-4-11/h1-4,6-7,9,21,26H,5,8,10H2,(H,22,23). The van der Waals surface area contributed by atoms with Gasteiger partial charge in [0.15, 0.2) is 11.5 Å². The quantitative estimate of drug-likeness (QED) is 0.246. The van der Waals surface area contributed by atoms with Crippen LogP contribution in [0.25, 0.3) is 0 Å². The van der Waals surface area contributed by atoms with Gasteiger partial charge in [-0.2, -0.15) is 0 Å². The minimum atomic E-state index is -0.559. The largest absolute Gasteiger partial charge is 0.311 e. The van der Waals surface area contributed by atoms with E-state index in [1.807, 2.05) is 17.6 Å². The van der Waals surface area contributed by atoms with E-state index in [2.05, 4.69) is 25.6 Å². The molecule has 2 aromatic heterocycles. The molecule has 3 rings (SSSR count). The van der Waals surface area contributed by atoms with Crippen LogP contribution in [-0.4, -0.2) is 32.9 Å². The first-order chi connectivity index (χ1) is 13.2. The minimum absolute atomic E-state index is 0.00450. The van der Waals surface area contributed by atoms with Crippen LogP contribution in [-0.2, 0) is 13.0 Å². The van der Waals surface area contributed by atoms with Crippen molar-refractivity contribution in [1.29, 1.82) is 0 Å². The molecular formula is C17H16ClFN6O2. The number of hydrogen-bond donors (Lipinski definition) is 3. The summed E-state index contributed by atoms with van der Waals surface area (Å²) in [6, 6.07) is 7.81. The Balaban J connectivity index is 1.66. The maximum absolute atomic E-state index is 13.3. The Kier molecular flexibility index (Phi) is 6.42. The molecule has 0 saturated heterocycles. The van der Waals surface area contributed by atoms with Crippen LogP contribution in [0.2, 0.25) is 5.02 Å². The second-order valence-electron chi connectivity index (χ2n) is 5.51. The Bertz CT molecular complexity index is 919. The summed E-state index contributed by atoms with van der Waals surface area (Å²) in [5.41, 5.74) is 4.13. The predicted molar refractivity (Wildman–Crippen MR) is 96.5 cm³/mol. The second-order valence-corrected chi connectivity index (χ2v) is 5.92. The van der Waals surface area contributed by atoms with Crippen LogP contribution in [0.4, 0.5) is 10.1 Å². The van der Waals surface area contributed by atoms with Crippen molar-refractivity contribution in [2.24, 2.45) is 4.99 Å². The third-order valence-electron chi connectivity index (χ3n) is 3.66. The Morgan fingerprint density at radius 3 is 2.78 bits per heavy atom. The highest BCUT2D eigenvalue weighted by atomic mass is 35.5. The second kappa shape index (κ2) is 9.17. The number of halogens is 2. The molecule has 8 nitrogen and oxygen atoms in total. The summed E-state index contributed by atoms with van der Waals surface area (Å²) in [6.07, 6.45) is 4.30. The molecule has 0 saturated carbocycles. The summed E-state index contributed by atoms with van der Waals surface area (Å²) in [6.45, 7) is 1.05. The Hall–Kier alpha value is -2.88. The smallest absolute Gasteiger partial charge is 0.182 e. The van der Waals surface area contributed by atoms with Crippen molar-refractivity contribution in [3.8, 4) is 0 Å². The van der Waals surface area contributed by atoms with E-state index in [9.17, 15) is 9.60 Å². The molecule has 0 bridgehead atoms. The lowest BCUT2D eigenvalue weighted by atomic mass is 10.2. The van der Waals surface area contributed by atoms with Crippen molar-refractivity contribution >= 4 is 23.1 Å². The van der Waals surface area contributed by atoms with Crippen molar-refractivity contribution in [2.75, 3.05) is 6.54 Å². The molecule has 0 radical (unpaired) electrons. The Morgan fingerprint density at radius 1 is 1.22 bits per heavy atom. The van der Waals surface area contributed by atoms with E-state index >= 15 is 0 Å². The number of benzene rings is 1. The number of aromatic nitrogens is 3. The number of hydroxylamine groups is 1. The number of hydrogen-bond acceptors (Lipinski definition) is 7. The van der Waals surface area contributed by atoms with Gasteiger partial charge in [0.25, 0.3) is 0 Å². The van der Waals surface area contributed by atoms with Gasteiger partial charge >= 0.3 is 0 Å². The number of nitrogens with zero attached hydrogens (tertiary/aromatic N) is 4. The molecule has 3 aromatic rings. The zero-order valence-electron chi connectivity index (χ0n) is 14.1. The van der Waals surface area contributed by atoms with Gasteiger partial charge in [-0.3, -0.25) is 15.7 Å². The first-order valence-corrected chi connectivity index (χ1v) is 8.40.